The fourth-order valence-corrected chi connectivity index (χ4v) is 3.75. The molecule has 1 fully saturated rings. The van der Waals surface area contributed by atoms with Crippen molar-refractivity contribution in [3.63, 3.8) is 0 Å². The summed E-state index contributed by atoms with van der Waals surface area (Å²) < 4.78 is 0. The van der Waals surface area contributed by atoms with E-state index in [2.05, 4.69) is 0 Å². The predicted molar refractivity (Wildman–Crippen MR) is 71.4 cm³/mol. The normalized spacial score (nSPS) is 39.8. The Morgan fingerprint density at radius 3 is 2.53 bits per heavy atom. The van der Waals surface area contributed by atoms with Crippen LogP contribution in [0.15, 0.2) is 11.6 Å². The number of aliphatic hydroxyl groups is 3. The summed E-state index contributed by atoms with van der Waals surface area (Å²) in [7, 11) is 0. The van der Waals surface area contributed by atoms with Gasteiger partial charge in [0, 0.05) is 23.3 Å². The Morgan fingerprint density at radius 2 is 2.05 bits per heavy atom. The van der Waals surface area contributed by atoms with E-state index in [1.54, 1.807) is 19.9 Å². The van der Waals surface area contributed by atoms with Crippen molar-refractivity contribution in [2.45, 2.75) is 51.7 Å². The summed E-state index contributed by atoms with van der Waals surface area (Å²) in [6.45, 7) is 5.18. The van der Waals surface area contributed by atoms with Gasteiger partial charge in [0.15, 0.2) is 5.78 Å². The Bertz CT molecular complexity index is 407. The van der Waals surface area contributed by atoms with Gasteiger partial charge < -0.3 is 15.3 Å². The minimum Gasteiger partial charge on any atom is -0.392 e. The van der Waals surface area contributed by atoms with E-state index < -0.39 is 17.1 Å². The second-order valence-electron chi connectivity index (χ2n) is 6.72. The molecule has 4 nitrogen and oxygen atoms in total. The van der Waals surface area contributed by atoms with E-state index in [1.165, 1.54) is 0 Å². The molecule has 0 aromatic rings. The maximum Gasteiger partial charge on any atom is 0.161 e. The molecule has 108 valence electrons. The molecular formula is C15H24O4. The van der Waals surface area contributed by atoms with Crippen molar-refractivity contribution in [1.29, 1.82) is 0 Å². The molecule has 0 bridgehead atoms. The van der Waals surface area contributed by atoms with Crippen molar-refractivity contribution in [2.24, 2.45) is 17.3 Å². The number of aliphatic hydroxyl groups excluding tert-OH is 2. The van der Waals surface area contributed by atoms with Gasteiger partial charge in [-0.2, -0.15) is 0 Å². The third kappa shape index (κ3) is 2.26. The first-order chi connectivity index (χ1) is 8.72. The maximum atomic E-state index is 11.9. The van der Waals surface area contributed by atoms with Gasteiger partial charge in [0.25, 0.3) is 0 Å². The van der Waals surface area contributed by atoms with Crippen molar-refractivity contribution in [2.75, 3.05) is 6.61 Å². The van der Waals surface area contributed by atoms with Crippen molar-refractivity contribution in [3.8, 4) is 0 Å². The second kappa shape index (κ2) is 4.69. The number of hydrogen-bond acceptors (Lipinski definition) is 4. The molecule has 0 amide bonds. The molecule has 4 heteroatoms. The van der Waals surface area contributed by atoms with Crippen LogP contribution in [0.25, 0.3) is 0 Å². The molecular weight excluding hydrogens is 244 g/mol. The van der Waals surface area contributed by atoms with E-state index in [0.717, 1.165) is 12.8 Å². The molecule has 0 aliphatic heterocycles. The van der Waals surface area contributed by atoms with Crippen LogP contribution in [0.2, 0.25) is 0 Å². The highest BCUT2D eigenvalue weighted by Crippen LogP contribution is 2.53. The van der Waals surface area contributed by atoms with Crippen LogP contribution in [0.5, 0.6) is 0 Å². The first-order valence-corrected chi connectivity index (χ1v) is 6.98. The smallest absolute Gasteiger partial charge is 0.161 e. The predicted octanol–water partition coefficient (Wildman–Crippen LogP) is 1.04. The lowest BCUT2D eigenvalue weighted by molar-refractivity contribution is -0.136. The SMILES string of the molecule is CC1CCC(C(C)(C)O)C(O)C12C=C(CO)C(=O)C2. The van der Waals surface area contributed by atoms with E-state index in [4.69, 9.17) is 0 Å². The average Bonchev–Trinajstić information content (AvgIpc) is 2.63. The van der Waals surface area contributed by atoms with Crippen LogP contribution in [0.4, 0.5) is 0 Å². The van der Waals surface area contributed by atoms with Crippen molar-refractivity contribution < 1.29 is 20.1 Å². The van der Waals surface area contributed by atoms with Crippen LogP contribution in [-0.4, -0.2) is 39.4 Å². The Balaban J connectivity index is 2.38. The average molecular weight is 268 g/mol. The zero-order chi connectivity index (χ0) is 14.4. The molecule has 0 saturated heterocycles. The molecule has 2 aliphatic carbocycles. The van der Waals surface area contributed by atoms with E-state index in [0.29, 0.717) is 5.57 Å². The van der Waals surface area contributed by atoms with Gasteiger partial charge >= 0.3 is 0 Å². The molecule has 3 N–H and O–H groups in total. The Hall–Kier alpha value is -0.710. The van der Waals surface area contributed by atoms with Gasteiger partial charge in [-0.15, -0.1) is 0 Å². The summed E-state index contributed by atoms with van der Waals surface area (Å²) in [6.07, 6.45) is 2.89. The third-order valence-electron chi connectivity index (χ3n) is 5.11. The monoisotopic (exact) mass is 268 g/mol. The Morgan fingerprint density at radius 1 is 1.42 bits per heavy atom. The highest BCUT2D eigenvalue weighted by atomic mass is 16.3. The fourth-order valence-electron chi connectivity index (χ4n) is 3.75. The van der Waals surface area contributed by atoms with E-state index in [1.807, 2.05) is 6.92 Å². The quantitative estimate of drug-likeness (QED) is 0.699. The molecule has 0 aromatic carbocycles. The molecule has 19 heavy (non-hydrogen) atoms. The summed E-state index contributed by atoms with van der Waals surface area (Å²) in [5.74, 6) is -0.148. The van der Waals surface area contributed by atoms with Gasteiger partial charge in [-0.3, -0.25) is 4.79 Å². The highest BCUT2D eigenvalue weighted by molar-refractivity contribution is 5.99. The zero-order valence-corrected chi connectivity index (χ0v) is 11.9. The number of hydrogen-bond donors (Lipinski definition) is 3. The molecule has 4 atom stereocenters. The maximum absolute atomic E-state index is 11.9. The lowest BCUT2D eigenvalue weighted by Gasteiger charge is -2.49. The van der Waals surface area contributed by atoms with Crippen molar-refractivity contribution >= 4 is 5.78 Å². The van der Waals surface area contributed by atoms with E-state index >= 15 is 0 Å². The van der Waals surface area contributed by atoms with Gasteiger partial charge in [0.05, 0.1) is 18.3 Å². The molecule has 0 radical (unpaired) electrons. The van der Waals surface area contributed by atoms with Gasteiger partial charge in [0.2, 0.25) is 0 Å². The third-order valence-corrected chi connectivity index (χ3v) is 5.11. The summed E-state index contributed by atoms with van der Waals surface area (Å²) in [5.41, 5.74) is -1.17. The number of Topliss-reactive ketones (excluding diaryl/α,β-unsaturated/α-hetero) is 1. The zero-order valence-electron chi connectivity index (χ0n) is 11.9. The largest absolute Gasteiger partial charge is 0.392 e. The number of carbonyl (C=O) groups is 1. The van der Waals surface area contributed by atoms with E-state index in [-0.39, 0.29) is 30.6 Å². The van der Waals surface area contributed by atoms with Crippen LogP contribution >= 0.6 is 0 Å². The van der Waals surface area contributed by atoms with Gasteiger partial charge in [-0.05, 0) is 32.6 Å². The molecule has 1 saturated carbocycles. The molecule has 0 aromatic heterocycles. The van der Waals surface area contributed by atoms with Gasteiger partial charge in [-0.25, -0.2) is 0 Å². The lowest BCUT2D eigenvalue weighted by Crippen LogP contribution is -2.53. The minimum absolute atomic E-state index is 0.0789. The summed E-state index contributed by atoms with van der Waals surface area (Å²) in [5, 5.41) is 30.2. The molecule has 2 rings (SSSR count). The van der Waals surface area contributed by atoms with Crippen molar-refractivity contribution in [3.05, 3.63) is 11.6 Å². The Labute approximate surface area is 114 Å². The minimum atomic E-state index is -0.967. The highest BCUT2D eigenvalue weighted by Gasteiger charge is 2.54. The first kappa shape index (κ1) is 14.7. The number of ketones is 1. The topological polar surface area (TPSA) is 77.8 Å². The van der Waals surface area contributed by atoms with E-state index in [9.17, 15) is 20.1 Å². The standard InChI is InChI=1S/C15H24O4/c1-9-4-5-11(14(2,3)19)13(18)15(9)6-10(8-16)12(17)7-15/h6,9,11,13,16,18-19H,4-5,7-8H2,1-3H3. The fraction of sp³-hybridized carbons (Fsp3) is 0.800. The van der Waals surface area contributed by atoms with Crippen molar-refractivity contribution in [1.82, 2.24) is 0 Å². The lowest BCUT2D eigenvalue weighted by atomic mass is 9.58. The molecule has 4 unspecified atom stereocenters. The Kier molecular flexibility index (Phi) is 3.62. The molecule has 2 aliphatic rings. The summed E-state index contributed by atoms with van der Waals surface area (Å²) in [6, 6.07) is 0. The molecule has 0 heterocycles. The number of carbonyl (C=O) groups excluding carboxylic acids is 1. The molecule has 1 spiro atoms. The summed E-state index contributed by atoms with van der Waals surface area (Å²) >= 11 is 0. The van der Waals surface area contributed by atoms with Crippen LogP contribution in [-0.2, 0) is 4.79 Å². The van der Waals surface area contributed by atoms with Crippen LogP contribution in [0.1, 0.15) is 40.0 Å². The van der Waals surface area contributed by atoms with Gasteiger partial charge in [-0.1, -0.05) is 13.0 Å². The first-order valence-electron chi connectivity index (χ1n) is 6.98. The number of rotatable bonds is 2. The van der Waals surface area contributed by atoms with Gasteiger partial charge in [0.1, 0.15) is 0 Å². The van der Waals surface area contributed by atoms with Crippen LogP contribution in [0, 0.1) is 17.3 Å². The van der Waals surface area contributed by atoms with Crippen LogP contribution in [0.3, 0.4) is 0 Å². The van der Waals surface area contributed by atoms with Crippen LogP contribution < -0.4 is 0 Å². The second-order valence-corrected chi connectivity index (χ2v) is 6.72. The summed E-state index contributed by atoms with van der Waals surface area (Å²) in [4.78, 5) is 11.9.